The standard InChI is InChI=1S/C23H23Cl2N3/c1-17(21-10-9-20(24)15-23(21)25)26-28-13-11-27(12-14-28)16-19-7-4-6-18-5-2-3-8-22(18)19/h2-10,15H,11-14,16H2,1H3/p+1/b26-17-. The third-order valence-electron chi connectivity index (χ3n) is 5.38. The molecule has 0 atom stereocenters. The fourth-order valence-electron chi connectivity index (χ4n) is 3.85. The molecule has 0 unspecified atom stereocenters. The molecule has 0 aliphatic carbocycles. The SMILES string of the molecule is C/C(=N/N1CC[NH+](Cc2cccc3ccccc23)CC1)c1ccc(Cl)cc1Cl. The van der Waals surface area contributed by atoms with Crippen LogP contribution in [0.4, 0.5) is 0 Å². The molecule has 1 fully saturated rings. The van der Waals surface area contributed by atoms with Crippen LogP contribution in [0.5, 0.6) is 0 Å². The predicted molar refractivity (Wildman–Crippen MR) is 119 cm³/mol. The van der Waals surface area contributed by atoms with Crippen LogP contribution in [-0.2, 0) is 6.54 Å². The molecule has 0 spiro atoms. The second kappa shape index (κ2) is 8.52. The lowest BCUT2D eigenvalue weighted by Crippen LogP contribution is -3.13. The Morgan fingerprint density at radius 2 is 1.75 bits per heavy atom. The molecular weight excluding hydrogens is 389 g/mol. The van der Waals surface area contributed by atoms with Crippen LogP contribution in [0.15, 0.2) is 65.8 Å². The molecule has 0 bridgehead atoms. The molecule has 4 rings (SSSR count). The first-order chi connectivity index (χ1) is 13.6. The summed E-state index contributed by atoms with van der Waals surface area (Å²) < 4.78 is 0. The number of fused-ring (bicyclic) bond motifs is 1. The fraction of sp³-hybridized carbons (Fsp3) is 0.261. The summed E-state index contributed by atoms with van der Waals surface area (Å²) in [6.07, 6.45) is 0. The van der Waals surface area contributed by atoms with Gasteiger partial charge in [-0.1, -0.05) is 71.7 Å². The number of hydrogen-bond donors (Lipinski definition) is 1. The third kappa shape index (κ3) is 4.33. The van der Waals surface area contributed by atoms with Crippen molar-refractivity contribution in [2.45, 2.75) is 13.5 Å². The van der Waals surface area contributed by atoms with Gasteiger partial charge in [0.15, 0.2) is 0 Å². The Morgan fingerprint density at radius 1 is 1.00 bits per heavy atom. The lowest BCUT2D eigenvalue weighted by molar-refractivity contribution is -0.918. The molecule has 0 radical (unpaired) electrons. The topological polar surface area (TPSA) is 20.0 Å². The van der Waals surface area contributed by atoms with Crippen molar-refractivity contribution in [3.63, 3.8) is 0 Å². The first kappa shape index (κ1) is 19.3. The molecule has 28 heavy (non-hydrogen) atoms. The Hall–Kier alpha value is -2.07. The number of quaternary nitrogens is 1. The zero-order valence-corrected chi connectivity index (χ0v) is 17.5. The van der Waals surface area contributed by atoms with Crippen LogP contribution in [0, 0.1) is 0 Å². The van der Waals surface area contributed by atoms with Gasteiger partial charge in [0.1, 0.15) is 6.54 Å². The second-order valence-corrected chi connectivity index (χ2v) is 8.17. The van der Waals surface area contributed by atoms with Crippen LogP contribution < -0.4 is 4.90 Å². The highest BCUT2D eigenvalue weighted by Crippen LogP contribution is 2.22. The van der Waals surface area contributed by atoms with Gasteiger partial charge >= 0.3 is 0 Å². The highest BCUT2D eigenvalue weighted by atomic mass is 35.5. The predicted octanol–water partition coefficient (Wildman–Crippen LogP) is 4.27. The van der Waals surface area contributed by atoms with Crippen molar-refractivity contribution in [3.8, 4) is 0 Å². The van der Waals surface area contributed by atoms with E-state index < -0.39 is 0 Å². The summed E-state index contributed by atoms with van der Waals surface area (Å²) in [5.74, 6) is 0. The van der Waals surface area contributed by atoms with Gasteiger partial charge in [-0.3, -0.25) is 5.01 Å². The summed E-state index contributed by atoms with van der Waals surface area (Å²) in [5.41, 5.74) is 3.30. The Bertz CT molecular complexity index is 1000. The van der Waals surface area contributed by atoms with Crippen LogP contribution in [0.1, 0.15) is 18.1 Å². The van der Waals surface area contributed by atoms with E-state index in [1.165, 1.54) is 16.3 Å². The van der Waals surface area contributed by atoms with Crippen molar-refractivity contribution in [3.05, 3.63) is 81.8 Å². The zero-order chi connectivity index (χ0) is 19.5. The van der Waals surface area contributed by atoms with Crippen LogP contribution in [0.25, 0.3) is 10.8 Å². The van der Waals surface area contributed by atoms with E-state index in [4.69, 9.17) is 28.3 Å². The quantitative estimate of drug-likeness (QED) is 0.634. The van der Waals surface area contributed by atoms with E-state index in [2.05, 4.69) is 47.5 Å². The van der Waals surface area contributed by atoms with Gasteiger partial charge in [0.25, 0.3) is 0 Å². The average Bonchev–Trinajstić information content (AvgIpc) is 2.69. The maximum Gasteiger partial charge on any atom is 0.104 e. The van der Waals surface area contributed by atoms with Crippen LogP contribution in [-0.4, -0.2) is 36.9 Å². The maximum atomic E-state index is 6.32. The molecule has 5 heteroatoms. The van der Waals surface area contributed by atoms with Gasteiger partial charge in [0.05, 0.1) is 36.9 Å². The summed E-state index contributed by atoms with van der Waals surface area (Å²) in [7, 11) is 0. The molecule has 0 aromatic heterocycles. The first-order valence-electron chi connectivity index (χ1n) is 9.66. The van der Waals surface area contributed by atoms with Gasteiger partial charge in [-0.15, -0.1) is 0 Å². The van der Waals surface area contributed by atoms with Crippen molar-refractivity contribution < 1.29 is 4.90 Å². The minimum Gasteiger partial charge on any atom is -0.328 e. The summed E-state index contributed by atoms with van der Waals surface area (Å²) in [5, 5.41) is 10.9. The van der Waals surface area contributed by atoms with Gasteiger partial charge < -0.3 is 4.90 Å². The van der Waals surface area contributed by atoms with E-state index in [0.717, 1.165) is 44.0 Å². The van der Waals surface area contributed by atoms with E-state index in [-0.39, 0.29) is 0 Å². The van der Waals surface area contributed by atoms with E-state index in [9.17, 15) is 0 Å². The largest absolute Gasteiger partial charge is 0.328 e. The van der Waals surface area contributed by atoms with Gasteiger partial charge in [-0.2, -0.15) is 5.10 Å². The van der Waals surface area contributed by atoms with Crippen molar-refractivity contribution in [2.75, 3.05) is 26.2 Å². The number of nitrogens with one attached hydrogen (secondary N) is 1. The molecule has 3 aromatic rings. The Balaban J connectivity index is 1.40. The van der Waals surface area contributed by atoms with Crippen molar-refractivity contribution >= 4 is 39.7 Å². The van der Waals surface area contributed by atoms with Crippen molar-refractivity contribution in [1.29, 1.82) is 0 Å². The van der Waals surface area contributed by atoms with Crippen LogP contribution >= 0.6 is 23.2 Å². The minimum absolute atomic E-state index is 0.646. The molecule has 1 aliphatic heterocycles. The molecule has 144 valence electrons. The Morgan fingerprint density at radius 3 is 2.54 bits per heavy atom. The van der Waals surface area contributed by atoms with E-state index in [0.29, 0.717) is 10.0 Å². The van der Waals surface area contributed by atoms with E-state index in [1.807, 2.05) is 19.1 Å². The van der Waals surface area contributed by atoms with Crippen molar-refractivity contribution in [2.24, 2.45) is 5.10 Å². The lowest BCUT2D eigenvalue weighted by Gasteiger charge is -2.31. The van der Waals surface area contributed by atoms with Gasteiger partial charge in [0, 0.05) is 16.1 Å². The highest BCUT2D eigenvalue weighted by Gasteiger charge is 2.20. The smallest absolute Gasteiger partial charge is 0.104 e. The van der Waals surface area contributed by atoms with Crippen LogP contribution in [0.3, 0.4) is 0 Å². The molecular formula is C23H24Cl2N3+. The Labute approximate surface area is 176 Å². The first-order valence-corrected chi connectivity index (χ1v) is 10.4. The van der Waals surface area contributed by atoms with E-state index in [1.54, 1.807) is 11.0 Å². The minimum atomic E-state index is 0.646. The zero-order valence-electron chi connectivity index (χ0n) is 16.0. The lowest BCUT2D eigenvalue weighted by atomic mass is 10.0. The number of piperazine rings is 1. The van der Waals surface area contributed by atoms with Crippen LogP contribution in [0.2, 0.25) is 10.0 Å². The molecule has 3 nitrogen and oxygen atoms in total. The maximum absolute atomic E-state index is 6.32. The summed E-state index contributed by atoms with van der Waals surface area (Å²) >= 11 is 12.3. The average molecular weight is 413 g/mol. The van der Waals surface area contributed by atoms with E-state index >= 15 is 0 Å². The molecule has 3 aromatic carbocycles. The molecule has 0 amide bonds. The number of hydrazone groups is 1. The summed E-state index contributed by atoms with van der Waals surface area (Å²) in [6.45, 7) is 7.11. The molecule has 1 saturated heterocycles. The van der Waals surface area contributed by atoms with Gasteiger partial charge in [-0.05, 0) is 29.8 Å². The second-order valence-electron chi connectivity index (χ2n) is 7.33. The normalized spacial score (nSPS) is 16.0. The molecule has 1 aliphatic rings. The monoisotopic (exact) mass is 412 g/mol. The fourth-order valence-corrected chi connectivity index (χ4v) is 4.40. The number of rotatable bonds is 4. The molecule has 0 saturated carbocycles. The number of nitrogens with zero attached hydrogens (tertiary/aromatic N) is 2. The third-order valence-corrected chi connectivity index (χ3v) is 5.93. The number of hydrogen-bond acceptors (Lipinski definition) is 2. The van der Waals surface area contributed by atoms with Gasteiger partial charge in [0.2, 0.25) is 0 Å². The van der Waals surface area contributed by atoms with Gasteiger partial charge in [-0.25, -0.2) is 0 Å². The molecule has 1 heterocycles. The Kier molecular flexibility index (Phi) is 5.86. The number of benzene rings is 3. The summed E-state index contributed by atoms with van der Waals surface area (Å²) in [6, 6.07) is 20.8. The highest BCUT2D eigenvalue weighted by molar-refractivity contribution is 6.37. The number of halogens is 2. The summed E-state index contributed by atoms with van der Waals surface area (Å²) in [4.78, 5) is 1.60. The van der Waals surface area contributed by atoms with Crippen molar-refractivity contribution in [1.82, 2.24) is 5.01 Å². The molecule has 1 N–H and O–H groups in total.